The Morgan fingerprint density at radius 2 is 1.69 bits per heavy atom. The van der Waals surface area contributed by atoms with Gasteiger partial charge in [-0.3, -0.25) is 4.68 Å². The largest absolute Gasteiger partial charge is 0.497 e. The molecule has 0 atom stereocenters. The summed E-state index contributed by atoms with van der Waals surface area (Å²) >= 11 is 0. The normalized spacial score (nSPS) is 10.5. The Balaban J connectivity index is 1.99. The van der Waals surface area contributed by atoms with E-state index in [-0.39, 0.29) is 5.69 Å². The first kappa shape index (κ1) is 17.5. The third-order valence-electron chi connectivity index (χ3n) is 4.10. The summed E-state index contributed by atoms with van der Waals surface area (Å²) in [6.07, 6.45) is 0.746. The van der Waals surface area contributed by atoms with Gasteiger partial charge in [-0.15, -0.1) is 0 Å². The summed E-state index contributed by atoms with van der Waals surface area (Å²) in [7, 11) is 3.15. The van der Waals surface area contributed by atoms with Crippen LogP contribution in [0, 0.1) is 0 Å². The summed E-state index contributed by atoms with van der Waals surface area (Å²) in [5.74, 6) is 0.207. The van der Waals surface area contributed by atoms with Gasteiger partial charge in [-0.05, 0) is 30.2 Å². The quantitative estimate of drug-likeness (QED) is 0.704. The first-order valence-corrected chi connectivity index (χ1v) is 8.19. The first-order chi connectivity index (χ1) is 12.6. The Kier molecular flexibility index (Phi) is 5.22. The molecule has 6 heteroatoms. The van der Waals surface area contributed by atoms with Crippen LogP contribution in [0.3, 0.4) is 0 Å². The Morgan fingerprint density at radius 1 is 1.04 bits per heavy atom. The van der Waals surface area contributed by atoms with Gasteiger partial charge in [0.2, 0.25) is 0 Å². The number of carboxylic acids is 1. The molecule has 0 saturated heterocycles. The van der Waals surface area contributed by atoms with Crippen LogP contribution in [-0.4, -0.2) is 35.1 Å². The number of hydrogen-bond donors (Lipinski definition) is 1. The summed E-state index contributed by atoms with van der Waals surface area (Å²) in [6.45, 7) is 0.562. The number of aryl methyl sites for hydroxylation is 2. The van der Waals surface area contributed by atoms with E-state index in [4.69, 9.17) is 9.47 Å². The van der Waals surface area contributed by atoms with Crippen molar-refractivity contribution in [1.82, 2.24) is 9.78 Å². The maximum Gasteiger partial charge on any atom is 0.356 e. The second-order valence-electron chi connectivity index (χ2n) is 5.78. The Bertz CT molecular complexity index is 881. The van der Waals surface area contributed by atoms with Crippen LogP contribution in [0.4, 0.5) is 0 Å². The summed E-state index contributed by atoms with van der Waals surface area (Å²) in [6, 6.07) is 17.0. The first-order valence-electron chi connectivity index (χ1n) is 8.19. The van der Waals surface area contributed by atoms with E-state index in [1.807, 2.05) is 42.5 Å². The Hall–Kier alpha value is -3.28. The van der Waals surface area contributed by atoms with Crippen molar-refractivity contribution in [2.24, 2.45) is 0 Å². The van der Waals surface area contributed by atoms with Gasteiger partial charge < -0.3 is 14.6 Å². The molecule has 0 amide bonds. The van der Waals surface area contributed by atoms with Crippen LogP contribution < -0.4 is 9.47 Å². The van der Waals surface area contributed by atoms with Gasteiger partial charge in [-0.1, -0.05) is 30.3 Å². The highest BCUT2D eigenvalue weighted by Crippen LogP contribution is 2.30. The molecule has 0 aliphatic carbocycles. The number of ether oxygens (including phenoxy) is 2. The number of aromatic carboxylic acids is 1. The maximum absolute atomic E-state index is 11.4. The number of aromatic nitrogens is 2. The highest BCUT2D eigenvalue weighted by molar-refractivity contribution is 5.87. The topological polar surface area (TPSA) is 73.6 Å². The third-order valence-corrected chi connectivity index (χ3v) is 4.10. The van der Waals surface area contributed by atoms with E-state index in [0.29, 0.717) is 23.7 Å². The molecule has 0 aliphatic rings. The summed E-state index contributed by atoms with van der Waals surface area (Å²) in [4.78, 5) is 11.4. The van der Waals surface area contributed by atoms with Gasteiger partial charge in [0, 0.05) is 18.2 Å². The number of hydrogen-bond acceptors (Lipinski definition) is 4. The highest BCUT2D eigenvalue weighted by Gasteiger charge is 2.16. The van der Waals surface area contributed by atoms with E-state index in [9.17, 15) is 9.90 Å². The zero-order valence-corrected chi connectivity index (χ0v) is 14.7. The van der Waals surface area contributed by atoms with Gasteiger partial charge in [0.1, 0.15) is 11.5 Å². The zero-order valence-electron chi connectivity index (χ0n) is 14.7. The minimum atomic E-state index is -1.06. The van der Waals surface area contributed by atoms with Gasteiger partial charge >= 0.3 is 5.97 Å². The molecule has 2 aromatic carbocycles. The van der Waals surface area contributed by atoms with Crippen LogP contribution in [0.1, 0.15) is 16.1 Å². The summed E-state index contributed by atoms with van der Waals surface area (Å²) in [5, 5.41) is 13.6. The lowest BCUT2D eigenvalue weighted by molar-refractivity contribution is 0.0689. The minimum absolute atomic E-state index is 0.00912. The average molecular weight is 352 g/mol. The smallest absolute Gasteiger partial charge is 0.356 e. The molecule has 1 heterocycles. The second kappa shape index (κ2) is 7.74. The Morgan fingerprint density at radius 3 is 2.27 bits per heavy atom. The molecule has 3 aromatic rings. The standard InChI is InChI=1S/C20H20N2O4/c1-25-16-10-15(11-17(12-16)26-2)19-13-18(20(23)24)21-22(19)9-8-14-6-4-3-5-7-14/h3-7,10-13H,8-9H2,1-2H3,(H,23,24). The molecule has 0 spiro atoms. The molecule has 0 bridgehead atoms. The van der Waals surface area contributed by atoms with Crippen molar-refractivity contribution in [3.05, 3.63) is 65.9 Å². The predicted octanol–water partition coefficient (Wildman–Crippen LogP) is 3.51. The number of rotatable bonds is 7. The average Bonchev–Trinajstić information content (AvgIpc) is 3.11. The van der Waals surface area contributed by atoms with Gasteiger partial charge in [-0.25, -0.2) is 4.79 Å². The molecular formula is C20H20N2O4. The number of benzene rings is 2. The minimum Gasteiger partial charge on any atom is -0.497 e. The number of nitrogens with zero attached hydrogens (tertiary/aromatic N) is 2. The van der Waals surface area contributed by atoms with E-state index >= 15 is 0 Å². The fourth-order valence-electron chi connectivity index (χ4n) is 2.76. The molecule has 0 unspecified atom stereocenters. The van der Waals surface area contributed by atoms with Crippen molar-refractivity contribution < 1.29 is 19.4 Å². The Labute approximate surface area is 151 Å². The number of carboxylic acid groups (broad SMARTS) is 1. The van der Waals surface area contributed by atoms with E-state index in [0.717, 1.165) is 17.5 Å². The molecule has 134 valence electrons. The fraction of sp³-hybridized carbons (Fsp3) is 0.200. The van der Waals surface area contributed by atoms with Crippen molar-refractivity contribution in [3.63, 3.8) is 0 Å². The van der Waals surface area contributed by atoms with Crippen molar-refractivity contribution in [2.75, 3.05) is 14.2 Å². The molecule has 0 aliphatic heterocycles. The van der Waals surface area contributed by atoms with Crippen LogP contribution in [-0.2, 0) is 13.0 Å². The van der Waals surface area contributed by atoms with Crippen molar-refractivity contribution in [2.45, 2.75) is 13.0 Å². The monoisotopic (exact) mass is 352 g/mol. The van der Waals surface area contributed by atoms with Gasteiger partial charge in [-0.2, -0.15) is 5.10 Å². The molecule has 0 radical (unpaired) electrons. The van der Waals surface area contributed by atoms with Crippen LogP contribution in [0.25, 0.3) is 11.3 Å². The van der Waals surface area contributed by atoms with Crippen LogP contribution in [0.2, 0.25) is 0 Å². The van der Waals surface area contributed by atoms with E-state index in [1.54, 1.807) is 31.0 Å². The highest BCUT2D eigenvalue weighted by atomic mass is 16.5. The van der Waals surface area contributed by atoms with Crippen molar-refractivity contribution in [3.8, 4) is 22.8 Å². The van der Waals surface area contributed by atoms with Gasteiger partial charge in [0.25, 0.3) is 0 Å². The molecule has 6 nitrogen and oxygen atoms in total. The van der Waals surface area contributed by atoms with Crippen LogP contribution >= 0.6 is 0 Å². The predicted molar refractivity (Wildman–Crippen MR) is 97.9 cm³/mol. The lowest BCUT2D eigenvalue weighted by atomic mass is 10.1. The second-order valence-corrected chi connectivity index (χ2v) is 5.78. The molecule has 0 fully saturated rings. The summed E-state index contributed by atoms with van der Waals surface area (Å²) in [5.41, 5.74) is 2.66. The molecular weight excluding hydrogens is 332 g/mol. The van der Waals surface area contributed by atoms with Crippen molar-refractivity contribution in [1.29, 1.82) is 0 Å². The van der Waals surface area contributed by atoms with Crippen molar-refractivity contribution >= 4 is 5.97 Å². The lowest BCUT2D eigenvalue weighted by Crippen LogP contribution is -2.07. The van der Waals surface area contributed by atoms with Crippen LogP contribution in [0.5, 0.6) is 11.5 Å². The van der Waals surface area contributed by atoms with E-state index in [2.05, 4.69) is 5.10 Å². The molecule has 26 heavy (non-hydrogen) atoms. The molecule has 1 aromatic heterocycles. The zero-order chi connectivity index (χ0) is 18.5. The number of methoxy groups -OCH3 is 2. The van der Waals surface area contributed by atoms with Gasteiger partial charge in [0.15, 0.2) is 5.69 Å². The molecule has 1 N–H and O–H groups in total. The molecule has 0 saturated carbocycles. The SMILES string of the molecule is COc1cc(OC)cc(-c2cc(C(=O)O)nn2CCc2ccccc2)c1. The third kappa shape index (κ3) is 3.85. The van der Waals surface area contributed by atoms with Crippen LogP contribution in [0.15, 0.2) is 54.6 Å². The van der Waals surface area contributed by atoms with Gasteiger partial charge in [0.05, 0.1) is 19.9 Å². The van der Waals surface area contributed by atoms with E-state index in [1.165, 1.54) is 0 Å². The lowest BCUT2D eigenvalue weighted by Gasteiger charge is -2.11. The molecule has 3 rings (SSSR count). The fourth-order valence-corrected chi connectivity index (χ4v) is 2.76. The maximum atomic E-state index is 11.4. The summed E-state index contributed by atoms with van der Waals surface area (Å²) < 4.78 is 12.3. The number of carbonyl (C=O) groups is 1. The van der Waals surface area contributed by atoms with E-state index < -0.39 is 5.97 Å².